The SMILES string of the molecule is COc1cccc(/C=C2/SC(=S)N(NC(=O)Nc3ccc(Cl)c(Cl)c3)C2=O)c1OCc1ccc(Cl)cc1Cl. The van der Waals surface area contributed by atoms with E-state index in [1.165, 1.54) is 19.2 Å². The molecule has 1 heterocycles. The van der Waals surface area contributed by atoms with Gasteiger partial charge in [0.1, 0.15) is 6.61 Å². The van der Waals surface area contributed by atoms with E-state index in [1.54, 1.807) is 48.5 Å². The van der Waals surface area contributed by atoms with Crippen LogP contribution in [0.4, 0.5) is 10.5 Å². The number of carbonyl (C=O) groups is 2. The Morgan fingerprint density at radius 3 is 2.55 bits per heavy atom. The lowest BCUT2D eigenvalue weighted by molar-refractivity contribution is -0.123. The molecule has 4 rings (SSSR count). The van der Waals surface area contributed by atoms with Crippen LogP contribution < -0.4 is 20.2 Å². The number of carbonyl (C=O) groups excluding carboxylic acids is 2. The molecule has 0 radical (unpaired) electrons. The van der Waals surface area contributed by atoms with Crippen molar-refractivity contribution in [3.63, 3.8) is 0 Å². The van der Waals surface area contributed by atoms with E-state index in [0.29, 0.717) is 37.8 Å². The summed E-state index contributed by atoms with van der Waals surface area (Å²) >= 11 is 30.5. The molecule has 3 aromatic carbocycles. The lowest BCUT2D eigenvalue weighted by Crippen LogP contribution is -2.46. The Morgan fingerprint density at radius 1 is 1.05 bits per heavy atom. The molecule has 0 unspecified atom stereocenters. The number of ether oxygens (including phenoxy) is 2. The molecule has 0 atom stereocenters. The first-order valence-corrected chi connectivity index (χ1v) is 13.4. The van der Waals surface area contributed by atoms with Crippen LogP contribution in [0.25, 0.3) is 6.08 Å². The molecule has 0 aliphatic carbocycles. The molecule has 1 aliphatic rings. The molecule has 0 spiro atoms. The minimum absolute atomic E-state index is 0.134. The Labute approximate surface area is 247 Å². The van der Waals surface area contributed by atoms with E-state index in [1.807, 2.05) is 0 Å². The first kappa shape index (κ1) is 28.4. The van der Waals surface area contributed by atoms with Gasteiger partial charge < -0.3 is 14.8 Å². The Morgan fingerprint density at radius 2 is 1.84 bits per heavy atom. The number of nitrogens with one attached hydrogen (secondary N) is 2. The number of hydrazine groups is 1. The number of amides is 3. The summed E-state index contributed by atoms with van der Waals surface area (Å²) in [6.45, 7) is 0.134. The first-order valence-electron chi connectivity index (χ1n) is 10.7. The van der Waals surface area contributed by atoms with Crippen LogP contribution >= 0.6 is 70.4 Å². The van der Waals surface area contributed by atoms with Crippen molar-refractivity contribution in [1.82, 2.24) is 10.4 Å². The zero-order chi connectivity index (χ0) is 27.4. The predicted molar refractivity (Wildman–Crippen MR) is 157 cm³/mol. The monoisotopic (exact) mass is 627 g/mol. The fourth-order valence-electron chi connectivity index (χ4n) is 3.29. The number of nitrogens with zero attached hydrogens (tertiary/aromatic N) is 1. The molecular weight excluding hydrogens is 612 g/mol. The van der Waals surface area contributed by atoms with Gasteiger partial charge in [0.15, 0.2) is 15.8 Å². The van der Waals surface area contributed by atoms with E-state index in [4.69, 9.17) is 68.1 Å². The number of halogens is 4. The smallest absolute Gasteiger partial charge is 0.338 e. The quantitative estimate of drug-likeness (QED) is 0.205. The second-order valence-corrected chi connectivity index (χ2v) is 10.9. The summed E-state index contributed by atoms with van der Waals surface area (Å²) in [7, 11) is 1.51. The van der Waals surface area contributed by atoms with Gasteiger partial charge in [-0.15, -0.1) is 0 Å². The van der Waals surface area contributed by atoms with Gasteiger partial charge in [-0.05, 0) is 54.7 Å². The normalized spacial score (nSPS) is 14.1. The maximum atomic E-state index is 13.1. The molecule has 1 aliphatic heterocycles. The average molecular weight is 629 g/mol. The molecule has 38 heavy (non-hydrogen) atoms. The van der Waals surface area contributed by atoms with E-state index >= 15 is 0 Å². The van der Waals surface area contributed by atoms with Crippen LogP contribution in [0.5, 0.6) is 11.5 Å². The molecule has 13 heteroatoms. The van der Waals surface area contributed by atoms with Gasteiger partial charge in [0.05, 0.1) is 22.1 Å². The topological polar surface area (TPSA) is 79.9 Å². The average Bonchev–Trinajstić information content (AvgIpc) is 3.13. The summed E-state index contributed by atoms with van der Waals surface area (Å²) in [6, 6.07) is 14.3. The standard InChI is InChI=1S/C25H17Cl4N3O4S2/c1-35-20-4-2-3-13(22(20)36-12-14-5-6-15(26)10-18(14)28)9-21-23(33)32(25(37)38-21)31-24(34)30-16-7-8-17(27)19(29)11-16/h2-11H,12H2,1H3,(H2,30,31,34)/b21-9+. The van der Waals surface area contributed by atoms with Crippen LogP contribution in [0, 0.1) is 0 Å². The van der Waals surface area contributed by atoms with Crippen LogP contribution in [-0.4, -0.2) is 28.4 Å². The zero-order valence-electron chi connectivity index (χ0n) is 19.4. The number of para-hydroxylation sites is 1. The fourth-order valence-corrected chi connectivity index (χ4v) is 5.22. The lowest BCUT2D eigenvalue weighted by atomic mass is 10.1. The largest absolute Gasteiger partial charge is 0.493 e. The van der Waals surface area contributed by atoms with Gasteiger partial charge in [0.2, 0.25) is 0 Å². The van der Waals surface area contributed by atoms with E-state index < -0.39 is 11.9 Å². The van der Waals surface area contributed by atoms with Crippen molar-refractivity contribution >= 4 is 98.4 Å². The summed E-state index contributed by atoms with van der Waals surface area (Å²) < 4.78 is 11.7. The van der Waals surface area contributed by atoms with Crippen LogP contribution in [0.2, 0.25) is 20.1 Å². The summed E-state index contributed by atoms with van der Waals surface area (Å²) in [5, 5.41) is 5.14. The maximum absolute atomic E-state index is 13.1. The van der Waals surface area contributed by atoms with Crippen molar-refractivity contribution in [3.8, 4) is 11.5 Å². The van der Waals surface area contributed by atoms with Crippen molar-refractivity contribution in [2.24, 2.45) is 0 Å². The number of urea groups is 1. The van der Waals surface area contributed by atoms with Gasteiger partial charge in [-0.3, -0.25) is 4.79 Å². The molecule has 3 aromatic rings. The molecule has 3 amide bonds. The third-order valence-electron chi connectivity index (χ3n) is 5.09. The second kappa shape index (κ2) is 12.5. The van der Waals surface area contributed by atoms with Crippen molar-refractivity contribution in [2.75, 3.05) is 12.4 Å². The summed E-state index contributed by atoms with van der Waals surface area (Å²) in [5.41, 5.74) is 4.11. The highest BCUT2D eigenvalue weighted by atomic mass is 35.5. The van der Waals surface area contributed by atoms with Gasteiger partial charge in [-0.1, -0.05) is 76.4 Å². The number of thiocarbonyl (C=S) groups is 1. The number of hydrogen-bond donors (Lipinski definition) is 2. The summed E-state index contributed by atoms with van der Waals surface area (Å²) in [6.07, 6.45) is 1.61. The van der Waals surface area contributed by atoms with Gasteiger partial charge in [0, 0.05) is 26.9 Å². The van der Waals surface area contributed by atoms with Gasteiger partial charge >= 0.3 is 6.03 Å². The Balaban J connectivity index is 1.51. The Hall–Kier alpha value is -2.66. The third kappa shape index (κ3) is 6.66. The molecule has 2 N–H and O–H groups in total. The van der Waals surface area contributed by atoms with E-state index in [0.717, 1.165) is 22.3 Å². The highest BCUT2D eigenvalue weighted by Crippen LogP contribution is 2.38. The molecule has 1 fully saturated rings. The van der Waals surface area contributed by atoms with Crippen molar-refractivity contribution in [1.29, 1.82) is 0 Å². The molecule has 0 saturated carbocycles. The van der Waals surface area contributed by atoms with Crippen LogP contribution in [0.1, 0.15) is 11.1 Å². The Kier molecular flexibility index (Phi) is 9.30. The second-order valence-electron chi connectivity index (χ2n) is 7.61. The zero-order valence-corrected chi connectivity index (χ0v) is 24.0. The van der Waals surface area contributed by atoms with E-state index in [-0.39, 0.29) is 20.9 Å². The van der Waals surface area contributed by atoms with Crippen molar-refractivity contribution < 1.29 is 19.1 Å². The van der Waals surface area contributed by atoms with Crippen LogP contribution in [-0.2, 0) is 11.4 Å². The van der Waals surface area contributed by atoms with E-state index in [2.05, 4.69) is 10.7 Å². The maximum Gasteiger partial charge on any atom is 0.338 e. The molecule has 0 aromatic heterocycles. The van der Waals surface area contributed by atoms with Crippen molar-refractivity contribution in [3.05, 3.63) is 90.7 Å². The molecule has 196 valence electrons. The molecular formula is C25H17Cl4N3O4S2. The summed E-state index contributed by atoms with van der Waals surface area (Å²) in [5.74, 6) is 0.342. The minimum Gasteiger partial charge on any atom is -0.493 e. The van der Waals surface area contributed by atoms with Crippen molar-refractivity contribution in [2.45, 2.75) is 6.61 Å². The lowest BCUT2D eigenvalue weighted by Gasteiger charge is -2.16. The minimum atomic E-state index is -0.689. The van der Waals surface area contributed by atoms with Gasteiger partial charge in [-0.25, -0.2) is 10.2 Å². The molecule has 1 saturated heterocycles. The third-order valence-corrected chi connectivity index (χ3v) is 7.72. The first-order chi connectivity index (χ1) is 18.2. The van der Waals surface area contributed by atoms with Crippen LogP contribution in [0.3, 0.4) is 0 Å². The fraction of sp³-hybridized carbons (Fsp3) is 0.0800. The van der Waals surface area contributed by atoms with E-state index in [9.17, 15) is 9.59 Å². The van der Waals surface area contributed by atoms with Gasteiger partial charge in [0.25, 0.3) is 5.91 Å². The number of methoxy groups -OCH3 is 1. The Bertz CT molecular complexity index is 1470. The predicted octanol–water partition coefficient (Wildman–Crippen LogP) is 7.83. The van der Waals surface area contributed by atoms with Gasteiger partial charge in [-0.2, -0.15) is 5.01 Å². The number of thioether (sulfide) groups is 1. The number of rotatable bonds is 7. The van der Waals surface area contributed by atoms with Crippen LogP contribution in [0.15, 0.2) is 59.5 Å². The highest BCUT2D eigenvalue weighted by Gasteiger charge is 2.34. The highest BCUT2D eigenvalue weighted by molar-refractivity contribution is 8.26. The number of hydrogen-bond acceptors (Lipinski definition) is 6. The number of anilines is 1. The molecule has 0 bridgehead atoms. The molecule has 7 nitrogen and oxygen atoms in total. The number of benzene rings is 3. The summed E-state index contributed by atoms with van der Waals surface area (Å²) in [4.78, 5) is 25.9.